The van der Waals surface area contributed by atoms with Crippen molar-refractivity contribution in [3.8, 4) is 40.2 Å². The summed E-state index contributed by atoms with van der Waals surface area (Å²) in [6, 6.07) is 10.2. The third-order valence-electron chi connectivity index (χ3n) is 6.51. The van der Waals surface area contributed by atoms with Gasteiger partial charge in [-0.2, -0.15) is 0 Å². The van der Waals surface area contributed by atoms with Gasteiger partial charge >= 0.3 is 0 Å². The van der Waals surface area contributed by atoms with Crippen LogP contribution in [0.25, 0.3) is 0 Å². The number of hydrogen-bond acceptors (Lipinski definition) is 10. The number of rotatable bonds is 5. The Bertz CT molecular complexity index is 1350. The predicted octanol–water partition coefficient (Wildman–Crippen LogP) is 2.71. The molecule has 10 heteroatoms. The number of aliphatic hydroxyl groups is 2. The van der Waals surface area contributed by atoms with Crippen LogP contribution in [0, 0.1) is 0 Å². The number of fused-ring (bicyclic) bond motifs is 2. The van der Waals surface area contributed by atoms with E-state index in [1.165, 1.54) is 20.3 Å². The maximum atomic E-state index is 12.8. The van der Waals surface area contributed by atoms with Crippen LogP contribution < -0.4 is 18.9 Å². The summed E-state index contributed by atoms with van der Waals surface area (Å²) in [7, 11) is 3.02. The van der Waals surface area contributed by atoms with Crippen LogP contribution in [0.5, 0.6) is 40.2 Å². The molecule has 3 aromatic rings. The summed E-state index contributed by atoms with van der Waals surface area (Å²) in [6.45, 7) is -0.327. The highest BCUT2D eigenvalue weighted by molar-refractivity contribution is 6.05. The first kappa shape index (κ1) is 23.6. The Hall–Kier alpha value is -4.15. The third kappa shape index (κ3) is 3.62. The van der Waals surface area contributed by atoms with Gasteiger partial charge in [0.2, 0.25) is 5.78 Å². The number of Topliss-reactive ketones (excluding diaryl/α,β-unsaturated/α-hetero) is 1. The number of phenolic OH excluding ortho intramolecular Hbond substituents is 3. The monoisotopic (exact) mass is 496 g/mol. The summed E-state index contributed by atoms with van der Waals surface area (Å²) in [6.07, 6.45) is -3.61. The number of aromatic hydroxyl groups is 3. The van der Waals surface area contributed by atoms with Crippen molar-refractivity contribution < 1.29 is 49.3 Å². The normalized spacial score (nSPS) is 22.3. The molecule has 10 nitrogen and oxygen atoms in total. The fourth-order valence-electron chi connectivity index (χ4n) is 4.79. The highest BCUT2D eigenvalue weighted by Gasteiger charge is 2.42. The molecule has 2 aliphatic rings. The zero-order valence-electron chi connectivity index (χ0n) is 19.3. The Balaban J connectivity index is 1.53. The van der Waals surface area contributed by atoms with Crippen LogP contribution in [0.2, 0.25) is 0 Å². The molecule has 5 rings (SSSR count). The van der Waals surface area contributed by atoms with Gasteiger partial charge in [0.15, 0.2) is 35.2 Å². The highest BCUT2D eigenvalue weighted by atomic mass is 16.5. The largest absolute Gasteiger partial charge is 0.508 e. The Morgan fingerprint density at radius 2 is 1.61 bits per heavy atom. The molecule has 2 heterocycles. The molecular formula is C26H24O10. The topological polar surface area (TPSA) is 155 Å². The van der Waals surface area contributed by atoms with Crippen molar-refractivity contribution in [1.29, 1.82) is 0 Å². The van der Waals surface area contributed by atoms with Crippen molar-refractivity contribution in [2.75, 3.05) is 20.8 Å². The number of carbonyl (C=O) groups excluding carboxylic acids is 1. The molecule has 2 aliphatic heterocycles. The van der Waals surface area contributed by atoms with Gasteiger partial charge in [-0.3, -0.25) is 4.79 Å². The quantitative estimate of drug-likeness (QED) is 0.356. The molecule has 0 spiro atoms. The molecule has 0 aromatic heterocycles. The van der Waals surface area contributed by atoms with E-state index < -0.39 is 35.8 Å². The number of aliphatic hydroxyl groups excluding tert-OH is 2. The molecule has 0 unspecified atom stereocenters. The minimum absolute atomic E-state index is 0.106. The lowest BCUT2D eigenvalue weighted by atomic mass is 9.87. The van der Waals surface area contributed by atoms with Crippen LogP contribution in [-0.4, -0.2) is 58.2 Å². The maximum Gasteiger partial charge on any atom is 0.202 e. The summed E-state index contributed by atoms with van der Waals surface area (Å²) in [5.41, 5.74) is 1.13. The second-order valence-electron chi connectivity index (χ2n) is 8.59. The lowest BCUT2D eigenvalue weighted by Crippen LogP contribution is -2.36. The second-order valence-corrected chi connectivity index (χ2v) is 8.59. The average molecular weight is 496 g/mol. The van der Waals surface area contributed by atoms with Gasteiger partial charge < -0.3 is 44.5 Å². The smallest absolute Gasteiger partial charge is 0.202 e. The summed E-state index contributed by atoms with van der Waals surface area (Å²) in [5, 5.41) is 51.6. The Morgan fingerprint density at radius 3 is 2.31 bits per heavy atom. The van der Waals surface area contributed by atoms with Crippen LogP contribution in [-0.2, 0) is 0 Å². The van der Waals surface area contributed by atoms with Gasteiger partial charge in [0.1, 0.15) is 28.9 Å². The van der Waals surface area contributed by atoms with Gasteiger partial charge in [-0.05, 0) is 35.4 Å². The fourth-order valence-corrected chi connectivity index (χ4v) is 4.79. The highest BCUT2D eigenvalue weighted by Crippen LogP contribution is 2.52. The van der Waals surface area contributed by atoms with E-state index in [4.69, 9.17) is 18.9 Å². The molecule has 36 heavy (non-hydrogen) atoms. The van der Waals surface area contributed by atoms with Gasteiger partial charge in [-0.1, -0.05) is 6.07 Å². The van der Waals surface area contributed by atoms with Crippen molar-refractivity contribution >= 4 is 5.78 Å². The van der Waals surface area contributed by atoms with Gasteiger partial charge in [0.05, 0.1) is 26.7 Å². The van der Waals surface area contributed by atoms with Crippen molar-refractivity contribution in [2.24, 2.45) is 0 Å². The van der Waals surface area contributed by atoms with Crippen molar-refractivity contribution in [1.82, 2.24) is 0 Å². The zero-order valence-corrected chi connectivity index (χ0v) is 19.3. The number of methoxy groups -OCH3 is 2. The van der Waals surface area contributed by atoms with Crippen LogP contribution in [0.4, 0.5) is 0 Å². The zero-order chi connectivity index (χ0) is 25.7. The Morgan fingerprint density at radius 1 is 0.861 bits per heavy atom. The first-order valence-electron chi connectivity index (χ1n) is 11.1. The van der Waals surface area contributed by atoms with Gasteiger partial charge in [-0.15, -0.1) is 0 Å². The van der Waals surface area contributed by atoms with E-state index in [0.29, 0.717) is 22.6 Å². The van der Waals surface area contributed by atoms with Crippen LogP contribution >= 0.6 is 0 Å². The van der Waals surface area contributed by atoms with Crippen LogP contribution in [0.1, 0.15) is 45.2 Å². The van der Waals surface area contributed by atoms with E-state index in [2.05, 4.69) is 0 Å². The molecule has 5 N–H and O–H groups in total. The number of phenols is 3. The molecule has 0 saturated heterocycles. The maximum absolute atomic E-state index is 12.8. The number of hydrogen-bond donors (Lipinski definition) is 5. The van der Waals surface area contributed by atoms with E-state index in [0.717, 1.165) is 12.1 Å². The molecule has 4 atom stereocenters. The van der Waals surface area contributed by atoms with Crippen LogP contribution in [0.3, 0.4) is 0 Å². The molecule has 3 aromatic carbocycles. The number of carbonyl (C=O) groups is 1. The molecule has 188 valence electrons. The summed E-state index contributed by atoms with van der Waals surface area (Å²) in [5.74, 6) is -1.45. The van der Waals surface area contributed by atoms with Gasteiger partial charge in [-0.25, -0.2) is 0 Å². The number of benzene rings is 3. The van der Waals surface area contributed by atoms with E-state index in [1.807, 2.05) is 0 Å². The lowest BCUT2D eigenvalue weighted by Gasteiger charge is -2.30. The van der Waals surface area contributed by atoms with E-state index in [9.17, 15) is 30.3 Å². The Labute approximate surface area is 205 Å². The first-order chi connectivity index (χ1) is 17.3. The number of ether oxygens (including phenoxy) is 4. The summed E-state index contributed by atoms with van der Waals surface area (Å²) in [4.78, 5) is 12.8. The minimum Gasteiger partial charge on any atom is -0.508 e. The second kappa shape index (κ2) is 8.81. The van der Waals surface area contributed by atoms with Crippen molar-refractivity contribution in [3.05, 3.63) is 64.7 Å². The fraction of sp³-hybridized carbons (Fsp3) is 0.269. The van der Waals surface area contributed by atoms with E-state index in [1.54, 1.807) is 24.3 Å². The van der Waals surface area contributed by atoms with E-state index in [-0.39, 0.29) is 40.7 Å². The third-order valence-corrected chi connectivity index (χ3v) is 6.51. The minimum atomic E-state index is -1.69. The predicted molar refractivity (Wildman–Crippen MR) is 124 cm³/mol. The average Bonchev–Trinajstić information content (AvgIpc) is 3.24. The molecule has 0 radical (unpaired) electrons. The lowest BCUT2D eigenvalue weighted by molar-refractivity contribution is 0.0209. The molecule has 0 saturated carbocycles. The van der Waals surface area contributed by atoms with Gasteiger partial charge in [0, 0.05) is 17.7 Å². The summed E-state index contributed by atoms with van der Waals surface area (Å²) >= 11 is 0. The first-order valence-corrected chi connectivity index (χ1v) is 11.1. The summed E-state index contributed by atoms with van der Waals surface area (Å²) < 4.78 is 22.5. The standard InChI is InChI=1S/C26H24O10/c1-33-18-4-3-11(7-19(18)34-2)24-15(10-27)14-5-12(6-17(30)26(14)36-24)25-23(32)22(31)21-16(29)8-13(28)9-20(21)35-25/h3-9,15,23-25,27-30,32H,10H2,1-2H3/t15-,23+,24+,25-/m1/s1. The molecule has 0 amide bonds. The van der Waals surface area contributed by atoms with Crippen LogP contribution in [0.15, 0.2) is 42.5 Å². The van der Waals surface area contributed by atoms with Gasteiger partial charge in [0.25, 0.3) is 0 Å². The molecular weight excluding hydrogens is 472 g/mol. The number of ketones is 1. The van der Waals surface area contributed by atoms with Crippen molar-refractivity contribution in [3.63, 3.8) is 0 Å². The molecule has 0 aliphatic carbocycles. The molecule has 0 bridgehead atoms. The molecule has 0 fully saturated rings. The van der Waals surface area contributed by atoms with E-state index >= 15 is 0 Å². The SMILES string of the molecule is COc1ccc([C@@H]2Oc3c(O)cc([C@H]4Oc5cc(O)cc(O)c5C(=O)[C@@H]4O)cc3[C@H]2CO)cc1OC. The Kier molecular flexibility index (Phi) is 5.77. The van der Waals surface area contributed by atoms with Crippen molar-refractivity contribution in [2.45, 2.75) is 24.2 Å².